The molecule has 8 heteroatoms. The number of hydrogen-bond donors (Lipinski definition) is 0. The standard InChI is InChI=1S/C17H20N4O3S/c1-12-16(17(23)21-8-6-20(7-9-21)13(2)22)25-15(19-12)11-24-14-4-3-5-18-10-14/h3-5,10H,6-9,11H2,1-2H3. The summed E-state index contributed by atoms with van der Waals surface area (Å²) in [6.45, 7) is 5.96. The number of aromatic nitrogens is 2. The van der Waals surface area contributed by atoms with Crippen molar-refractivity contribution in [3.05, 3.63) is 40.1 Å². The summed E-state index contributed by atoms with van der Waals surface area (Å²) in [5, 5.41) is 0.757. The van der Waals surface area contributed by atoms with E-state index in [2.05, 4.69) is 9.97 Å². The maximum Gasteiger partial charge on any atom is 0.265 e. The van der Waals surface area contributed by atoms with Gasteiger partial charge in [-0.2, -0.15) is 0 Å². The molecule has 1 fully saturated rings. The fraction of sp³-hybridized carbons (Fsp3) is 0.412. The molecule has 0 N–H and O–H groups in total. The van der Waals surface area contributed by atoms with Crippen LogP contribution < -0.4 is 4.74 Å². The normalized spacial score (nSPS) is 14.5. The lowest BCUT2D eigenvalue weighted by molar-refractivity contribution is -0.130. The van der Waals surface area contributed by atoms with Crippen LogP contribution in [0.25, 0.3) is 0 Å². The third-order valence-electron chi connectivity index (χ3n) is 4.04. The van der Waals surface area contributed by atoms with Gasteiger partial charge in [-0.1, -0.05) is 0 Å². The van der Waals surface area contributed by atoms with Gasteiger partial charge in [0.15, 0.2) is 0 Å². The molecule has 2 aromatic heterocycles. The van der Waals surface area contributed by atoms with E-state index in [1.54, 1.807) is 35.2 Å². The first-order valence-electron chi connectivity index (χ1n) is 8.08. The number of amides is 2. The van der Waals surface area contributed by atoms with Crippen molar-refractivity contribution < 1.29 is 14.3 Å². The van der Waals surface area contributed by atoms with Crippen molar-refractivity contribution in [2.75, 3.05) is 26.2 Å². The number of aryl methyl sites for hydroxylation is 1. The predicted octanol–water partition coefficient (Wildman–Crippen LogP) is 1.73. The van der Waals surface area contributed by atoms with Crippen LogP contribution in [0.4, 0.5) is 0 Å². The number of carbonyl (C=O) groups excluding carboxylic acids is 2. The number of carbonyl (C=O) groups is 2. The smallest absolute Gasteiger partial charge is 0.265 e. The topological polar surface area (TPSA) is 75.6 Å². The second kappa shape index (κ2) is 7.60. The van der Waals surface area contributed by atoms with Crippen LogP contribution in [0, 0.1) is 6.92 Å². The summed E-state index contributed by atoms with van der Waals surface area (Å²) in [6.07, 6.45) is 3.32. The molecule has 3 heterocycles. The van der Waals surface area contributed by atoms with Crippen molar-refractivity contribution in [3.63, 3.8) is 0 Å². The molecule has 25 heavy (non-hydrogen) atoms. The quantitative estimate of drug-likeness (QED) is 0.830. The fourth-order valence-electron chi connectivity index (χ4n) is 2.66. The molecule has 0 aliphatic carbocycles. The third-order valence-corrected chi connectivity index (χ3v) is 5.16. The van der Waals surface area contributed by atoms with E-state index < -0.39 is 0 Å². The van der Waals surface area contributed by atoms with Crippen molar-refractivity contribution in [1.29, 1.82) is 0 Å². The van der Waals surface area contributed by atoms with Crippen LogP contribution in [0.1, 0.15) is 27.3 Å². The van der Waals surface area contributed by atoms with E-state index in [4.69, 9.17) is 4.74 Å². The highest BCUT2D eigenvalue weighted by Crippen LogP contribution is 2.22. The average molecular weight is 360 g/mol. The molecule has 0 saturated carbocycles. The molecule has 0 unspecified atom stereocenters. The highest BCUT2D eigenvalue weighted by Gasteiger charge is 2.26. The molecule has 132 valence electrons. The molecule has 0 atom stereocenters. The van der Waals surface area contributed by atoms with Crippen molar-refractivity contribution in [2.45, 2.75) is 20.5 Å². The van der Waals surface area contributed by atoms with E-state index in [9.17, 15) is 9.59 Å². The molecule has 2 aromatic rings. The van der Waals surface area contributed by atoms with Crippen molar-refractivity contribution >= 4 is 23.2 Å². The molecule has 0 bridgehead atoms. The van der Waals surface area contributed by atoms with Gasteiger partial charge in [-0.15, -0.1) is 11.3 Å². The zero-order chi connectivity index (χ0) is 17.8. The van der Waals surface area contributed by atoms with Crippen LogP contribution in [-0.2, 0) is 11.4 Å². The number of hydrogen-bond acceptors (Lipinski definition) is 6. The lowest BCUT2D eigenvalue weighted by atomic mass is 10.2. The molecular formula is C17H20N4O3S. The zero-order valence-electron chi connectivity index (χ0n) is 14.3. The summed E-state index contributed by atoms with van der Waals surface area (Å²) in [7, 11) is 0. The Labute approximate surface area is 150 Å². The van der Waals surface area contributed by atoms with Crippen LogP contribution >= 0.6 is 11.3 Å². The van der Waals surface area contributed by atoms with Gasteiger partial charge in [0.05, 0.1) is 11.9 Å². The van der Waals surface area contributed by atoms with Crippen LogP contribution in [0.5, 0.6) is 5.75 Å². The number of rotatable bonds is 4. The molecule has 0 spiro atoms. The second-order valence-electron chi connectivity index (χ2n) is 5.80. The van der Waals surface area contributed by atoms with E-state index >= 15 is 0 Å². The van der Waals surface area contributed by atoms with Gasteiger partial charge in [0.2, 0.25) is 5.91 Å². The lowest BCUT2D eigenvalue weighted by Crippen LogP contribution is -2.50. The number of pyridine rings is 1. The fourth-order valence-corrected chi connectivity index (χ4v) is 3.60. The first-order valence-corrected chi connectivity index (χ1v) is 8.90. The Balaban J connectivity index is 1.62. The van der Waals surface area contributed by atoms with Crippen molar-refractivity contribution in [2.24, 2.45) is 0 Å². The highest BCUT2D eigenvalue weighted by atomic mass is 32.1. The van der Waals surface area contributed by atoms with Gasteiger partial charge >= 0.3 is 0 Å². The Morgan fingerprint density at radius 2 is 1.96 bits per heavy atom. The van der Waals surface area contributed by atoms with Crippen molar-refractivity contribution in [1.82, 2.24) is 19.8 Å². The summed E-state index contributed by atoms with van der Waals surface area (Å²) >= 11 is 1.36. The summed E-state index contributed by atoms with van der Waals surface area (Å²) in [5.74, 6) is 0.699. The highest BCUT2D eigenvalue weighted by molar-refractivity contribution is 7.13. The second-order valence-corrected chi connectivity index (χ2v) is 6.88. The van der Waals surface area contributed by atoms with Gasteiger partial charge in [0.25, 0.3) is 5.91 Å². The predicted molar refractivity (Wildman–Crippen MR) is 93.6 cm³/mol. The Hall–Kier alpha value is -2.48. The monoisotopic (exact) mass is 360 g/mol. The molecule has 1 saturated heterocycles. The van der Waals surface area contributed by atoms with Gasteiger partial charge in [-0.05, 0) is 19.1 Å². The summed E-state index contributed by atoms with van der Waals surface area (Å²) < 4.78 is 5.64. The van der Waals surface area contributed by atoms with Crippen molar-refractivity contribution in [3.8, 4) is 5.75 Å². The van der Waals surface area contributed by atoms with E-state index in [1.807, 2.05) is 13.0 Å². The van der Waals surface area contributed by atoms with E-state index in [0.717, 1.165) is 5.01 Å². The Morgan fingerprint density at radius 3 is 2.60 bits per heavy atom. The Bertz CT molecular complexity index is 755. The lowest BCUT2D eigenvalue weighted by Gasteiger charge is -2.34. The number of piperazine rings is 1. The SMILES string of the molecule is CC(=O)N1CCN(C(=O)c2sc(COc3cccnc3)nc2C)CC1. The molecule has 0 aromatic carbocycles. The van der Waals surface area contributed by atoms with Crippen LogP contribution in [0.15, 0.2) is 24.5 Å². The van der Waals surface area contributed by atoms with E-state index in [1.165, 1.54) is 11.3 Å². The minimum absolute atomic E-state index is 0.0224. The minimum Gasteiger partial charge on any atom is -0.485 e. The van der Waals surface area contributed by atoms with Gasteiger partial charge in [0.1, 0.15) is 22.2 Å². The van der Waals surface area contributed by atoms with Gasteiger partial charge in [0, 0.05) is 39.3 Å². The largest absolute Gasteiger partial charge is 0.485 e. The van der Waals surface area contributed by atoms with E-state index in [-0.39, 0.29) is 11.8 Å². The molecule has 2 amide bonds. The van der Waals surface area contributed by atoms with Gasteiger partial charge in [-0.25, -0.2) is 4.98 Å². The van der Waals surface area contributed by atoms with Crippen LogP contribution in [0.2, 0.25) is 0 Å². The molecular weight excluding hydrogens is 340 g/mol. The number of thiazole rings is 1. The molecule has 1 aliphatic heterocycles. The van der Waals surface area contributed by atoms with Gasteiger partial charge < -0.3 is 14.5 Å². The third kappa shape index (κ3) is 4.14. The number of nitrogens with zero attached hydrogens (tertiary/aromatic N) is 4. The van der Waals surface area contributed by atoms with E-state index in [0.29, 0.717) is 49.1 Å². The summed E-state index contributed by atoms with van der Waals surface area (Å²) in [4.78, 5) is 36.7. The maximum atomic E-state index is 12.7. The summed E-state index contributed by atoms with van der Waals surface area (Å²) in [5.41, 5.74) is 0.716. The molecule has 3 rings (SSSR count). The van der Waals surface area contributed by atoms with Crippen LogP contribution in [0.3, 0.4) is 0 Å². The minimum atomic E-state index is -0.0224. The zero-order valence-corrected chi connectivity index (χ0v) is 15.1. The summed E-state index contributed by atoms with van der Waals surface area (Å²) in [6, 6.07) is 3.63. The molecule has 1 aliphatic rings. The maximum absolute atomic E-state index is 12.7. The first kappa shape index (κ1) is 17.3. The molecule has 0 radical (unpaired) electrons. The first-order chi connectivity index (χ1) is 12.0. The van der Waals surface area contributed by atoms with Crippen LogP contribution in [-0.4, -0.2) is 57.8 Å². The molecule has 7 nitrogen and oxygen atoms in total. The number of ether oxygens (including phenoxy) is 1. The average Bonchev–Trinajstić information content (AvgIpc) is 3.01. The van der Waals surface area contributed by atoms with Gasteiger partial charge in [-0.3, -0.25) is 14.6 Å². The Morgan fingerprint density at radius 1 is 1.24 bits per heavy atom. The Kier molecular flexibility index (Phi) is 5.28.